The first kappa shape index (κ1) is 26.7. The van der Waals surface area contributed by atoms with Crippen LogP contribution < -0.4 is 10.6 Å². The van der Waals surface area contributed by atoms with Gasteiger partial charge in [-0.2, -0.15) is 0 Å². The molecule has 0 aliphatic rings. The number of rotatable bonds is 10. The molecule has 0 bridgehead atoms. The van der Waals surface area contributed by atoms with Gasteiger partial charge in [0.2, 0.25) is 5.91 Å². The number of benzene rings is 2. The van der Waals surface area contributed by atoms with Gasteiger partial charge in [-0.1, -0.05) is 65.3 Å². The van der Waals surface area contributed by atoms with Crippen LogP contribution in [0.2, 0.25) is 0 Å². The second kappa shape index (κ2) is 12.2. The number of amides is 2. The molecule has 35 heavy (non-hydrogen) atoms. The van der Waals surface area contributed by atoms with E-state index in [1.165, 1.54) is 11.8 Å². The van der Waals surface area contributed by atoms with Crippen LogP contribution in [-0.4, -0.2) is 32.3 Å². The summed E-state index contributed by atoms with van der Waals surface area (Å²) in [7, 11) is 0. The maximum atomic E-state index is 12.9. The largest absolute Gasteiger partial charge is 0.342 e. The predicted octanol–water partition coefficient (Wildman–Crippen LogP) is 5.70. The number of carbonyl (C=O) groups is 2. The summed E-state index contributed by atoms with van der Waals surface area (Å²) in [5.41, 5.74) is 3.39. The lowest BCUT2D eigenvalue weighted by Gasteiger charge is -2.22. The molecule has 0 unspecified atom stereocenters. The van der Waals surface area contributed by atoms with E-state index in [1.54, 1.807) is 12.1 Å². The SMILES string of the molecule is C=CCn1c(SCC(=O)Nc2ccc(Br)c(C)c2)nnc1[C@@H](NC(=O)c1cccc(C)c1)C(C)C. The minimum Gasteiger partial charge on any atom is -0.342 e. The van der Waals surface area contributed by atoms with Gasteiger partial charge in [-0.25, -0.2) is 0 Å². The zero-order chi connectivity index (χ0) is 25.5. The Labute approximate surface area is 218 Å². The van der Waals surface area contributed by atoms with Crippen molar-refractivity contribution in [1.29, 1.82) is 0 Å². The van der Waals surface area contributed by atoms with Crippen molar-refractivity contribution in [3.63, 3.8) is 0 Å². The molecule has 0 saturated heterocycles. The normalized spacial score (nSPS) is 11.8. The summed E-state index contributed by atoms with van der Waals surface area (Å²) in [6.45, 7) is 12.3. The third-order valence-electron chi connectivity index (χ3n) is 5.34. The molecule has 1 heterocycles. The fraction of sp³-hybridized carbons (Fsp3) is 0.308. The molecule has 9 heteroatoms. The molecule has 1 atom stereocenters. The first-order chi connectivity index (χ1) is 16.7. The first-order valence-electron chi connectivity index (χ1n) is 11.3. The summed E-state index contributed by atoms with van der Waals surface area (Å²) in [4.78, 5) is 25.5. The summed E-state index contributed by atoms with van der Waals surface area (Å²) >= 11 is 4.76. The van der Waals surface area contributed by atoms with Crippen LogP contribution in [0.25, 0.3) is 0 Å². The van der Waals surface area contributed by atoms with E-state index in [4.69, 9.17) is 0 Å². The number of hydrogen-bond donors (Lipinski definition) is 2. The van der Waals surface area contributed by atoms with Crippen LogP contribution in [0, 0.1) is 19.8 Å². The van der Waals surface area contributed by atoms with Gasteiger partial charge in [-0.3, -0.25) is 9.59 Å². The molecule has 1 aromatic heterocycles. The Balaban J connectivity index is 1.75. The minimum atomic E-state index is -0.357. The molecule has 0 fully saturated rings. The van der Waals surface area contributed by atoms with E-state index in [0.717, 1.165) is 21.3 Å². The standard InChI is InChI=1S/C26H30BrN5O2S/c1-6-12-32-24(23(16(2)3)29-25(34)19-9-7-8-17(4)13-19)30-31-26(32)35-15-22(33)28-20-10-11-21(27)18(5)14-20/h6-11,13-14,16,23H,1,12,15H2,2-5H3,(H,28,33)(H,29,34)/t23-/m0/s1. The predicted molar refractivity (Wildman–Crippen MR) is 145 cm³/mol. The fourth-order valence-corrected chi connectivity index (χ4v) is 4.53. The van der Waals surface area contributed by atoms with E-state index in [1.807, 2.05) is 68.7 Å². The van der Waals surface area contributed by atoms with E-state index in [-0.39, 0.29) is 29.5 Å². The second-order valence-electron chi connectivity index (χ2n) is 8.61. The molecular weight excluding hydrogens is 526 g/mol. The van der Waals surface area contributed by atoms with Crippen LogP contribution in [0.1, 0.15) is 47.2 Å². The smallest absolute Gasteiger partial charge is 0.251 e. The number of nitrogens with zero attached hydrogens (tertiary/aromatic N) is 3. The molecule has 0 aliphatic heterocycles. The summed E-state index contributed by atoms with van der Waals surface area (Å²) in [6, 6.07) is 12.8. The van der Waals surface area contributed by atoms with Crippen molar-refractivity contribution in [2.24, 2.45) is 5.92 Å². The van der Waals surface area contributed by atoms with Crippen LogP contribution in [0.15, 0.2) is 64.7 Å². The lowest BCUT2D eigenvalue weighted by atomic mass is 10.0. The molecular formula is C26H30BrN5O2S. The van der Waals surface area contributed by atoms with E-state index < -0.39 is 0 Å². The number of hydrogen-bond acceptors (Lipinski definition) is 5. The van der Waals surface area contributed by atoms with Crippen LogP contribution in [-0.2, 0) is 11.3 Å². The van der Waals surface area contributed by atoms with Crippen molar-refractivity contribution in [2.45, 2.75) is 45.4 Å². The summed E-state index contributed by atoms with van der Waals surface area (Å²) in [5, 5.41) is 15.3. The number of nitrogens with one attached hydrogen (secondary N) is 2. The Morgan fingerprint density at radius 2 is 1.94 bits per heavy atom. The summed E-state index contributed by atoms with van der Waals surface area (Å²) in [6.07, 6.45) is 1.75. The van der Waals surface area contributed by atoms with E-state index in [9.17, 15) is 9.59 Å². The molecule has 184 valence electrons. The molecule has 0 spiro atoms. The zero-order valence-electron chi connectivity index (χ0n) is 20.3. The maximum Gasteiger partial charge on any atom is 0.251 e. The Morgan fingerprint density at radius 3 is 2.60 bits per heavy atom. The highest BCUT2D eigenvalue weighted by Gasteiger charge is 2.26. The third-order valence-corrected chi connectivity index (χ3v) is 7.20. The Hall–Kier alpha value is -2.91. The number of anilines is 1. The average molecular weight is 557 g/mol. The molecule has 0 saturated carbocycles. The Morgan fingerprint density at radius 1 is 1.17 bits per heavy atom. The lowest BCUT2D eigenvalue weighted by molar-refractivity contribution is -0.113. The van der Waals surface area contributed by atoms with Gasteiger partial charge in [-0.15, -0.1) is 16.8 Å². The highest BCUT2D eigenvalue weighted by molar-refractivity contribution is 9.10. The van der Waals surface area contributed by atoms with Crippen molar-refractivity contribution in [3.8, 4) is 0 Å². The zero-order valence-corrected chi connectivity index (χ0v) is 22.7. The number of carbonyl (C=O) groups excluding carboxylic acids is 2. The maximum absolute atomic E-state index is 12.9. The van der Waals surface area contributed by atoms with Crippen LogP contribution in [0.4, 0.5) is 5.69 Å². The van der Waals surface area contributed by atoms with Gasteiger partial charge < -0.3 is 15.2 Å². The topological polar surface area (TPSA) is 88.9 Å². The first-order valence-corrected chi connectivity index (χ1v) is 13.1. The van der Waals surface area contributed by atoms with Crippen molar-refractivity contribution in [2.75, 3.05) is 11.1 Å². The molecule has 2 aromatic carbocycles. The van der Waals surface area contributed by atoms with Crippen molar-refractivity contribution < 1.29 is 9.59 Å². The molecule has 3 rings (SSSR count). The number of aryl methyl sites for hydroxylation is 2. The van der Waals surface area contributed by atoms with Gasteiger partial charge >= 0.3 is 0 Å². The molecule has 2 amide bonds. The monoisotopic (exact) mass is 555 g/mol. The quantitative estimate of drug-likeness (QED) is 0.247. The molecule has 3 aromatic rings. The van der Waals surface area contributed by atoms with Gasteiger partial charge in [-0.05, 0) is 55.7 Å². The summed E-state index contributed by atoms with van der Waals surface area (Å²) in [5.74, 6) is 0.566. The van der Waals surface area contributed by atoms with Gasteiger partial charge in [0.15, 0.2) is 11.0 Å². The fourth-order valence-electron chi connectivity index (χ4n) is 3.53. The van der Waals surface area contributed by atoms with Gasteiger partial charge in [0, 0.05) is 22.3 Å². The Kier molecular flexibility index (Phi) is 9.28. The van der Waals surface area contributed by atoms with Gasteiger partial charge in [0.25, 0.3) is 5.91 Å². The molecule has 0 aliphatic carbocycles. The molecule has 0 radical (unpaired) electrons. The number of aromatic nitrogens is 3. The van der Waals surface area contributed by atoms with Crippen LogP contribution in [0.3, 0.4) is 0 Å². The minimum absolute atomic E-state index is 0.0679. The van der Waals surface area contributed by atoms with Crippen molar-refractivity contribution in [3.05, 3.63) is 82.1 Å². The molecule has 2 N–H and O–H groups in total. The van der Waals surface area contributed by atoms with E-state index in [2.05, 4.69) is 43.3 Å². The third kappa shape index (κ3) is 7.05. The number of thioether (sulfide) groups is 1. The van der Waals surface area contributed by atoms with Crippen molar-refractivity contribution >= 4 is 45.2 Å². The van der Waals surface area contributed by atoms with E-state index in [0.29, 0.717) is 23.1 Å². The van der Waals surface area contributed by atoms with Crippen LogP contribution in [0.5, 0.6) is 0 Å². The number of allylic oxidation sites excluding steroid dienone is 1. The van der Waals surface area contributed by atoms with Crippen LogP contribution >= 0.6 is 27.7 Å². The second-order valence-corrected chi connectivity index (χ2v) is 10.4. The Bertz CT molecular complexity index is 1220. The highest BCUT2D eigenvalue weighted by atomic mass is 79.9. The average Bonchev–Trinajstić information content (AvgIpc) is 3.20. The number of halogens is 1. The lowest BCUT2D eigenvalue weighted by Crippen LogP contribution is -2.34. The molecule has 7 nitrogen and oxygen atoms in total. The van der Waals surface area contributed by atoms with Gasteiger partial charge in [0.05, 0.1) is 11.8 Å². The van der Waals surface area contributed by atoms with Gasteiger partial charge in [0.1, 0.15) is 0 Å². The highest BCUT2D eigenvalue weighted by Crippen LogP contribution is 2.26. The summed E-state index contributed by atoms with van der Waals surface area (Å²) < 4.78 is 2.89. The van der Waals surface area contributed by atoms with Crippen molar-refractivity contribution in [1.82, 2.24) is 20.1 Å². The van der Waals surface area contributed by atoms with E-state index >= 15 is 0 Å².